The molecule has 2 aromatic heterocycles. The largest absolute Gasteiger partial charge is 0.487 e. The van der Waals surface area contributed by atoms with E-state index in [0.29, 0.717) is 33.5 Å². The second kappa shape index (κ2) is 8.89. The van der Waals surface area contributed by atoms with E-state index < -0.39 is 6.03 Å². The topological polar surface area (TPSA) is 84.7 Å². The van der Waals surface area contributed by atoms with Crippen LogP contribution in [0.2, 0.25) is 5.02 Å². The minimum Gasteiger partial charge on any atom is -0.487 e. The van der Waals surface area contributed by atoms with E-state index in [1.807, 2.05) is 13.0 Å². The molecule has 0 saturated carbocycles. The van der Waals surface area contributed by atoms with E-state index in [1.54, 1.807) is 60.8 Å². The van der Waals surface area contributed by atoms with Crippen LogP contribution in [0.15, 0.2) is 77.7 Å². The Kier molecular flexibility index (Phi) is 5.86. The molecule has 0 radical (unpaired) electrons. The molecule has 2 aromatic carbocycles. The molecule has 0 spiro atoms. The van der Waals surface area contributed by atoms with Crippen LogP contribution in [0.3, 0.4) is 0 Å². The van der Waals surface area contributed by atoms with Gasteiger partial charge in [0.2, 0.25) is 0 Å². The van der Waals surface area contributed by atoms with E-state index in [4.69, 9.17) is 16.3 Å². The number of carbonyl (C=O) groups is 1. The first kappa shape index (κ1) is 20.4. The number of carbonyl (C=O) groups excluding carboxylic acids is 1. The Hall–Kier alpha value is -3.84. The molecule has 0 aliphatic heterocycles. The Morgan fingerprint density at radius 3 is 2.55 bits per heavy atom. The number of rotatable bonds is 5. The standard InChI is InChI=1S/C23H19ClN4O3/c1-15-8-9-21-25-19(12-22(29)28(21)13-15)14-31-20-7-3-6-18(11-20)27-23(30)26-17-5-2-4-16(24)10-17/h2-13H,14H2,1H3,(H2,26,27,30). The number of pyridine rings is 1. The van der Waals surface area contributed by atoms with Gasteiger partial charge in [0.25, 0.3) is 5.56 Å². The van der Waals surface area contributed by atoms with Gasteiger partial charge in [-0.15, -0.1) is 0 Å². The molecule has 0 fully saturated rings. The summed E-state index contributed by atoms with van der Waals surface area (Å²) in [6.45, 7) is 2.04. The quantitative estimate of drug-likeness (QED) is 0.469. The van der Waals surface area contributed by atoms with Crippen LogP contribution in [0, 0.1) is 6.92 Å². The van der Waals surface area contributed by atoms with Gasteiger partial charge in [0.1, 0.15) is 18.0 Å². The fraction of sp³-hybridized carbons (Fsp3) is 0.0870. The van der Waals surface area contributed by atoms with Crippen molar-refractivity contribution in [3.05, 3.63) is 99.6 Å². The molecule has 31 heavy (non-hydrogen) atoms. The van der Waals surface area contributed by atoms with Gasteiger partial charge in [0, 0.05) is 34.7 Å². The lowest BCUT2D eigenvalue weighted by Gasteiger charge is -2.11. The molecule has 0 bridgehead atoms. The Bertz CT molecular complexity index is 1320. The summed E-state index contributed by atoms with van der Waals surface area (Å²) in [5.74, 6) is 0.534. The lowest BCUT2D eigenvalue weighted by molar-refractivity contribution is 0.262. The van der Waals surface area contributed by atoms with Crippen molar-refractivity contribution in [1.29, 1.82) is 0 Å². The summed E-state index contributed by atoms with van der Waals surface area (Å²) in [6.07, 6.45) is 1.75. The minimum atomic E-state index is -0.404. The maximum Gasteiger partial charge on any atom is 0.323 e. The van der Waals surface area contributed by atoms with Gasteiger partial charge in [0.05, 0.1) is 5.69 Å². The molecule has 0 unspecified atom stereocenters. The van der Waals surface area contributed by atoms with Crippen molar-refractivity contribution < 1.29 is 9.53 Å². The molecule has 4 aromatic rings. The van der Waals surface area contributed by atoms with Crippen molar-refractivity contribution in [3.8, 4) is 5.75 Å². The number of hydrogen-bond acceptors (Lipinski definition) is 4. The zero-order valence-electron chi connectivity index (χ0n) is 16.6. The number of amides is 2. The first-order chi connectivity index (χ1) is 15.0. The van der Waals surface area contributed by atoms with Gasteiger partial charge < -0.3 is 15.4 Å². The van der Waals surface area contributed by atoms with Gasteiger partial charge >= 0.3 is 6.03 Å². The van der Waals surface area contributed by atoms with Crippen LogP contribution < -0.4 is 20.9 Å². The molecular formula is C23H19ClN4O3. The van der Waals surface area contributed by atoms with Gasteiger partial charge in [-0.2, -0.15) is 0 Å². The van der Waals surface area contributed by atoms with E-state index in [9.17, 15) is 9.59 Å². The Labute approximate surface area is 183 Å². The Morgan fingerprint density at radius 1 is 1.03 bits per heavy atom. The second-order valence-corrected chi connectivity index (χ2v) is 7.36. The molecule has 2 N–H and O–H groups in total. The fourth-order valence-electron chi connectivity index (χ4n) is 3.01. The van der Waals surface area contributed by atoms with Crippen molar-refractivity contribution in [2.45, 2.75) is 13.5 Å². The monoisotopic (exact) mass is 434 g/mol. The SMILES string of the molecule is Cc1ccc2nc(COc3cccc(NC(=O)Nc4cccc(Cl)c4)c3)cc(=O)n2c1. The van der Waals surface area contributed by atoms with Crippen LogP contribution in [-0.2, 0) is 6.61 Å². The lowest BCUT2D eigenvalue weighted by Crippen LogP contribution is -2.19. The van der Waals surface area contributed by atoms with Crippen LogP contribution in [0.25, 0.3) is 5.65 Å². The van der Waals surface area contributed by atoms with Crippen LogP contribution >= 0.6 is 11.6 Å². The van der Waals surface area contributed by atoms with Crippen LogP contribution in [0.4, 0.5) is 16.2 Å². The number of urea groups is 1. The average Bonchev–Trinajstić information content (AvgIpc) is 2.73. The summed E-state index contributed by atoms with van der Waals surface area (Å²) in [4.78, 5) is 29.0. The van der Waals surface area contributed by atoms with Gasteiger partial charge in [-0.05, 0) is 48.9 Å². The Morgan fingerprint density at radius 2 is 1.77 bits per heavy atom. The smallest absolute Gasteiger partial charge is 0.323 e. The summed E-state index contributed by atoms with van der Waals surface area (Å²) in [7, 11) is 0. The number of anilines is 2. The third kappa shape index (κ3) is 5.21. The average molecular weight is 435 g/mol. The summed E-state index contributed by atoms with van der Waals surface area (Å²) < 4.78 is 7.28. The maximum atomic E-state index is 12.3. The van der Waals surface area contributed by atoms with E-state index in [0.717, 1.165) is 5.56 Å². The number of aromatic nitrogens is 2. The molecule has 0 aliphatic carbocycles. The number of fused-ring (bicyclic) bond motifs is 1. The van der Waals surface area contributed by atoms with Gasteiger partial charge in [-0.3, -0.25) is 9.20 Å². The molecule has 7 nitrogen and oxygen atoms in total. The number of benzene rings is 2. The van der Waals surface area contributed by atoms with Crippen molar-refractivity contribution in [2.75, 3.05) is 10.6 Å². The van der Waals surface area contributed by atoms with Crippen LogP contribution in [0.1, 0.15) is 11.3 Å². The maximum absolute atomic E-state index is 12.3. The molecular weight excluding hydrogens is 416 g/mol. The van der Waals surface area contributed by atoms with Crippen LogP contribution in [0.5, 0.6) is 5.75 Å². The number of nitrogens with zero attached hydrogens (tertiary/aromatic N) is 2. The van der Waals surface area contributed by atoms with E-state index in [2.05, 4.69) is 15.6 Å². The van der Waals surface area contributed by atoms with Crippen molar-refractivity contribution in [1.82, 2.24) is 9.38 Å². The predicted octanol–water partition coefficient (Wildman–Crippen LogP) is 4.88. The highest BCUT2D eigenvalue weighted by atomic mass is 35.5. The normalized spacial score (nSPS) is 10.6. The summed E-state index contributed by atoms with van der Waals surface area (Å²) in [5.41, 5.74) is 3.03. The lowest BCUT2D eigenvalue weighted by atomic mass is 10.3. The number of hydrogen-bond donors (Lipinski definition) is 2. The zero-order valence-corrected chi connectivity index (χ0v) is 17.4. The zero-order chi connectivity index (χ0) is 21.8. The van der Waals surface area contributed by atoms with Crippen molar-refractivity contribution >= 4 is 34.7 Å². The molecule has 0 aliphatic rings. The number of halogens is 1. The molecule has 156 valence electrons. The third-order valence-electron chi connectivity index (χ3n) is 4.42. The van der Waals surface area contributed by atoms with Gasteiger partial charge in [-0.1, -0.05) is 29.8 Å². The molecule has 0 atom stereocenters. The highest BCUT2D eigenvalue weighted by Gasteiger charge is 2.06. The Balaban J connectivity index is 1.42. The number of ether oxygens (including phenoxy) is 1. The molecule has 8 heteroatoms. The van der Waals surface area contributed by atoms with E-state index in [-0.39, 0.29) is 12.2 Å². The van der Waals surface area contributed by atoms with Crippen molar-refractivity contribution in [3.63, 3.8) is 0 Å². The summed E-state index contributed by atoms with van der Waals surface area (Å²) in [6, 6.07) is 18.6. The second-order valence-electron chi connectivity index (χ2n) is 6.93. The first-order valence-electron chi connectivity index (χ1n) is 9.52. The number of aryl methyl sites for hydroxylation is 1. The molecule has 4 rings (SSSR count). The molecule has 0 saturated heterocycles. The summed E-state index contributed by atoms with van der Waals surface area (Å²) in [5, 5.41) is 5.99. The van der Waals surface area contributed by atoms with Crippen LogP contribution in [-0.4, -0.2) is 15.4 Å². The highest BCUT2D eigenvalue weighted by Crippen LogP contribution is 2.19. The fourth-order valence-corrected chi connectivity index (χ4v) is 3.20. The van der Waals surface area contributed by atoms with E-state index >= 15 is 0 Å². The van der Waals surface area contributed by atoms with E-state index in [1.165, 1.54) is 10.5 Å². The van der Waals surface area contributed by atoms with Gasteiger partial charge in [0.15, 0.2) is 0 Å². The first-order valence-corrected chi connectivity index (χ1v) is 9.89. The molecule has 2 heterocycles. The third-order valence-corrected chi connectivity index (χ3v) is 4.66. The van der Waals surface area contributed by atoms with Gasteiger partial charge in [-0.25, -0.2) is 9.78 Å². The minimum absolute atomic E-state index is 0.123. The summed E-state index contributed by atoms with van der Waals surface area (Å²) >= 11 is 5.93. The predicted molar refractivity (Wildman–Crippen MR) is 121 cm³/mol. The number of nitrogens with one attached hydrogen (secondary N) is 2. The highest BCUT2D eigenvalue weighted by molar-refractivity contribution is 6.30. The molecule has 2 amide bonds. The van der Waals surface area contributed by atoms with Crippen molar-refractivity contribution in [2.24, 2.45) is 0 Å².